The SMILES string of the molecule is COc1cc(C(=O)Nc2nc(CN3CCCC(C)C3)cs2)c([N+](=O)[O-])cc1OC. The van der Waals surface area contributed by atoms with Crippen LogP contribution in [0, 0.1) is 16.0 Å². The Morgan fingerprint density at radius 3 is 2.76 bits per heavy atom. The van der Waals surface area contributed by atoms with E-state index in [1.807, 2.05) is 5.38 Å². The Morgan fingerprint density at radius 2 is 2.10 bits per heavy atom. The molecule has 1 aliphatic heterocycles. The van der Waals surface area contributed by atoms with Gasteiger partial charge in [0.05, 0.1) is 30.9 Å². The number of hydrogen-bond donors (Lipinski definition) is 1. The number of carbonyl (C=O) groups excluding carboxylic acids is 1. The van der Waals surface area contributed by atoms with E-state index in [2.05, 4.69) is 22.1 Å². The molecule has 1 aliphatic rings. The van der Waals surface area contributed by atoms with Crippen molar-refractivity contribution in [2.75, 3.05) is 32.6 Å². The van der Waals surface area contributed by atoms with Crippen molar-refractivity contribution < 1.29 is 19.2 Å². The number of nitro benzene ring substituents is 1. The Hall–Kier alpha value is -2.72. The smallest absolute Gasteiger partial charge is 0.286 e. The summed E-state index contributed by atoms with van der Waals surface area (Å²) in [7, 11) is 2.78. The second-order valence-corrected chi connectivity index (χ2v) is 7.92. The third-order valence-electron chi connectivity index (χ3n) is 4.84. The van der Waals surface area contributed by atoms with Crippen molar-refractivity contribution in [2.45, 2.75) is 26.3 Å². The molecular formula is C19H24N4O5S. The minimum Gasteiger partial charge on any atom is -0.493 e. The zero-order chi connectivity index (χ0) is 21.0. The normalized spacial score (nSPS) is 17.0. The fourth-order valence-corrected chi connectivity index (χ4v) is 4.16. The first-order valence-electron chi connectivity index (χ1n) is 9.29. The van der Waals surface area contributed by atoms with Gasteiger partial charge in [-0.1, -0.05) is 6.92 Å². The van der Waals surface area contributed by atoms with Crippen molar-refractivity contribution >= 4 is 28.1 Å². The molecular weight excluding hydrogens is 396 g/mol. The number of likely N-dealkylation sites (tertiary alicyclic amines) is 1. The lowest BCUT2D eigenvalue weighted by Crippen LogP contribution is -2.33. The van der Waals surface area contributed by atoms with E-state index in [4.69, 9.17) is 9.47 Å². The molecule has 1 fully saturated rings. The standard InChI is InChI=1S/C19H24N4O5S/c1-12-5-4-6-22(9-12)10-13-11-29-19(20-13)21-18(24)14-7-16(27-2)17(28-3)8-15(14)23(25)26/h7-8,11-12H,4-6,9-10H2,1-3H3,(H,20,21,24). The summed E-state index contributed by atoms with van der Waals surface area (Å²) >= 11 is 1.30. The summed E-state index contributed by atoms with van der Waals surface area (Å²) in [6.45, 7) is 5.06. The average Bonchev–Trinajstić information content (AvgIpc) is 3.13. The topological polar surface area (TPSA) is 107 Å². The van der Waals surface area contributed by atoms with Crippen LogP contribution in [0.25, 0.3) is 0 Å². The number of rotatable bonds is 7. The van der Waals surface area contributed by atoms with Crippen LogP contribution >= 0.6 is 11.3 Å². The highest BCUT2D eigenvalue weighted by atomic mass is 32.1. The summed E-state index contributed by atoms with van der Waals surface area (Å²) < 4.78 is 10.3. The predicted octanol–water partition coefficient (Wildman–Crippen LogP) is 3.55. The molecule has 1 aromatic heterocycles. The van der Waals surface area contributed by atoms with Gasteiger partial charge < -0.3 is 9.47 Å². The van der Waals surface area contributed by atoms with Gasteiger partial charge in [0.2, 0.25) is 0 Å². The highest BCUT2D eigenvalue weighted by Crippen LogP contribution is 2.35. The van der Waals surface area contributed by atoms with Crippen LogP contribution in [0.1, 0.15) is 35.8 Å². The molecule has 0 spiro atoms. The monoisotopic (exact) mass is 420 g/mol. The van der Waals surface area contributed by atoms with Crippen molar-refractivity contribution in [3.63, 3.8) is 0 Å². The molecule has 2 heterocycles. The number of benzene rings is 1. The maximum Gasteiger partial charge on any atom is 0.286 e. The van der Waals surface area contributed by atoms with E-state index in [1.54, 1.807) is 0 Å². The number of ether oxygens (including phenoxy) is 2. The van der Waals surface area contributed by atoms with Crippen LogP contribution < -0.4 is 14.8 Å². The lowest BCUT2D eigenvalue weighted by Gasteiger charge is -2.30. The maximum atomic E-state index is 12.7. The molecule has 10 heteroatoms. The average molecular weight is 420 g/mol. The number of piperidine rings is 1. The van der Waals surface area contributed by atoms with E-state index in [9.17, 15) is 14.9 Å². The number of amides is 1. The zero-order valence-corrected chi connectivity index (χ0v) is 17.5. The molecule has 9 nitrogen and oxygen atoms in total. The summed E-state index contributed by atoms with van der Waals surface area (Å²) in [6.07, 6.45) is 2.43. The van der Waals surface area contributed by atoms with Gasteiger partial charge in [-0.25, -0.2) is 4.98 Å². The Bertz CT molecular complexity index is 901. The molecule has 0 radical (unpaired) electrons. The quantitative estimate of drug-likeness (QED) is 0.539. The van der Waals surface area contributed by atoms with Crippen LogP contribution in [-0.4, -0.2) is 48.0 Å². The van der Waals surface area contributed by atoms with Crippen LogP contribution in [0.3, 0.4) is 0 Å². The molecule has 2 aromatic rings. The van der Waals surface area contributed by atoms with Gasteiger partial charge in [-0.15, -0.1) is 11.3 Å². The number of methoxy groups -OCH3 is 2. The van der Waals surface area contributed by atoms with Gasteiger partial charge in [-0.2, -0.15) is 0 Å². The highest BCUT2D eigenvalue weighted by molar-refractivity contribution is 7.14. The van der Waals surface area contributed by atoms with Crippen molar-refractivity contribution in [3.05, 3.63) is 38.9 Å². The number of nitrogens with one attached hydrogen (secondary N) is 1. The van der Waals surface area contributed by atoms with Crippen LogP contribution in [0.15, 0.2) is 17.5 Å². The van der Waals surface area contributed by atoms with Crippen molar-refractivity contribution in [1.29, 1.82) is 0 Å². The number of nitrogens with zero attached hydrogens (tertiary/aromatic N) is 3. The molecule has 1 aromatic carbocycles. The second kappa shape index (κ2) is 9.19. The summed E-state index contributed by atoms with van der Waals surface area (Å²) in [5.41, 5.74) is 0.398. The molecule has 0 aliphatic carbocycles. The molecule has 156 valence electrons. The van der Waals surface area contributed by atoms with E-state index in [0.29, 0.717) is 11.0 Å². The summed E-state index contributed by atoms with van der Waals surface area (Å²) in [5.74, 6) is 0.475. The molecule has 1 saturated heterocycles. The largest absolute Gasteiger partial charge is 0.493 e. The summed E-state index contributed by atoms with van der Waals surface area (Å²) in [6, 6.07) is 2.48. The number of nitro groups is 1. The lowest BCUT2D eigenvalue weighted by molar-refractivity contribution is -0.385. The summed E-state index contributed by atoms with van der Waals surface area (Å²) in [5, 5.41) is 16.4. The van der Waals surface area contributed by atoms with Gasteiger partial charge in [0.15, 0.2) is 16.6 Å². The first-order chi connectivity index (χ1) is 13.9. The van der Waals surface area contributed by atoms with E-state index in [0.717, 1.165) is 25.3 Å². The molecule has 1 amide bonds. The predicted molar refractivity (Wildman–Crippen MR) is 110 cm³/mol. The second-order valence-electron chi connectivity index (χ2n) is 7.06. The van der Waals surface area contributed by atoms with Crippen LogP contribution in [0.2, 0.25) is 0 Å². The van der Waals surface area contributed by atoms with Gasteiger partial charge in [-0.3, -0.25) is 25.1 Å². The van der Waals surface area contributed by atoms with Gasteiger partial charge in [0.25, 0.3) is 11.6 Å². The number of aromatic nitrogens is 1. The van der Waals surface area contributed by atoms with Crippen LogP contribution in [-0.2, 0) is 6.54 Å². The number of carbonyl (C=O) groups is 1. The lowest BCUT2D eigenvalue weighted by atomic mass is 10.0. The molecule has 1 atom stereocenters. The Balaban J connectivity index is 1.75. The molecule has 1 unspecified atom stereocenters. The molecule has 29 heavy (non-hydrogen) atoms. The van der Waals surface area contributed by atoms with Gasteiger partial charge in [0, 0.05) is 24.5 Å². The van der Waals surface area contributed by atoms with Crippen molar-refractivity contribution in [1.82, 2.24) is 9.88 Å². The maximum absolute atomic E-state index is 12.7. The van der Waals surface area contributed by atoms with E-state index < -0.39 is 10.8 Å². The zero-order valence-electron chi connectivity index (χ0n) is 16.6. The third kappa shape index (κ3) is 5.01. The molecule has 0 saturated carbocycles. The van der Waals surface area contributed by atoms with Crippen LogP contribution in [0.5, 0.6) is 11.5 Å². The fourth-order valence-electron chi connectivity index (χ4n) is 3.46. The van der Waals surface area contributed by atoms with E-state index in [1.165, 1.54) is 50.5 Å². The minimum absolute atomic E-state index is 0.116. The molecule has 0 bridgehead atoms. The third-order valence-corrected chi connectivity index (χ3v) is 5.65. The van der Waals surface area contributed by atoms with Gasteiger partial charge in [-0.05, 0) is 25.3 Å². The number of hydrogen-bond acceptors (Lipinski definition) is 8. The van der Waals surface area contributed by atoms with Crippen LogP contribution in [0.4, 0.5) is 10.8 Å². The Morgan fingerprint density at radius 1 is 1.38 bits per heavy atom. The Kier molecular flexibility index (Phi) is 6.65. The first kappa shape index (κ1) is 21.0. The number of thiazole rings is 1. The van der Waals surface area contributed by atoms with E-state index >= 15 is 0 Å². The first-order valence-corrected chi connectivity index (χ1v) is 10.2. The van der Waals surface area contributed by atoms with Crippen molar-refractivity contribution in [2.24, 2.45) is 5.92 Å². The minimum atomic E-state index is -0.623. The van der Waals surface area contributed by atoms with E-state index in [-0.39, 0.29) is 22.7 Å². The summed E-state index contributed by atoms with van der Waals surface area (Å²) in [4.78, 5) is 30.3. The van der Waals surface area contributed by atoms with Gasteiger partial charge in [0.1, 0.15) is 5.56 Å². The van der Waals surface area contributed by atoms with Crippen molar-refractivity contribution in [3.8, 4) is 11.5 Å². The number of anilines is 1. The van der Waals surface area contributed by atoms with Gasteiger partial charge >= 0.3 is 0 Å². The highest BCUT2D eigenvalue weighted by Gasteiger charge is 2.25. The Labute approximate surface area is 172 Å². The molecule has 1 N–H and O–H groups in total. The fraction of sp³-hybridized carbons (Fsp3) is 0.474. The molecule has 3 rings (SSSR count).